The van der Waals surface area contributed by atoms with Crippen molar-refractivity contribution in [2.75, 3.05) is 5.32 Å². The molecule has 0 aliphatic carbocycles. The number of aromatic nitrogens is 2. The van der Waals surface area contributed by atoms with E-state index in [4.69, 9.17) is 16.1 Å². The molecule has 1 N–H and O–H groups in total. The van der Waals surface area contributed by atoms with Gasteiger partial charge in [0.2, 0.25) is 11.7 Å². The maximum atomic E-state index is 10.9. The van der Waals surface area contributed by atoms with E-state index in [0.717, 1.165) is 11.1 Å². The van der Waals surface area contributed by atoms with Gasteiger partial charge in [-0.05, 0) is 36.8 Å². The Bertz CT molecular complexity index is 877. The number of nitro groups is 1. The minimum Gasteiger partial charge on any atom is -0.376 e. The van der Waals surface area contributed by atoms with E-state index in [1.807, 2.05) is 6.92 Å². The molecule has 2 aromatic carbocycles. The van der Waals surface area contributed by atoms with Crippen molar-refractivity contribution >= 4 is 23.0 Å². The second kappa shape index (κ2) is 6.67. The fourth-order valence-electron chi connectivity index (χ4n) is 2.13. The zero-order valence-corrected chi connectivity index (χ0v) is 13.4. The Morgan fingerprint density at radius 3 is 2.71 bits per heavy atom. The SMILES string of the molecule is Cc1ccc([N+](=O)[O-])cc1NCc1nc(-c2ccc(Cl)cc2)no1. The van der Waals surface area contributed by atoms with Crippen LogP contribution >= 0.6 is 11.6 Å². The van der Waals surface area contributed by atoms with E-state index in [-0.39, 0.29) is 12.2 Å². The van der Waals surface area contributed by atoms with E-state index in [9.17, 15) is 10.1 Å². The lowest BCUT2D eigenvalue weighted by Crippen LogP contribution is -2.02. The number of anilines is 1. The van der Waals surface area contributed by atoms with Crippen LogP contribution in [0.5, 0.6) is 0 Å². The molecule has 122 valence electrons. The molecule has 24 heavy (non-hydrogen) atoms. The van der Waals surface area contributed by atoms with Crippen LogP contribution in [0.1, 0.15) is 11.5 Å². The smallest absolute Gasteiger partial charge is 0.271 e. The highest BCUT2D eigenvalue weighted by molar-refractivity contribution is 6.30. The van der Waals surface area contributed by atoms with Crippen LogP contribution in [0.2, 0.25) is 5.02 Å². The summed E-state index contributed by atoms with van der Waals surface area (Å²) in [6.07, 6.45) is 0. The third kappa shape index (κ3) is 3.52. The summed E-state index contributed by atoms with van der Waals surface area (Å²) in [6, 6.07) is 11.7. The van der Waals surface area contributed by atoms with Crippen molar-refractivity contribution in [1.82, 2.24) is 10.1 Å². The Labute approximate surface area is 142 Å². The van der Waals surface area contributed by atoms with Crippen LogP contribution in [0.4, 0.5) is 11.4 Å². The zero-order valence-electron chi connectivity index (χ0n) is 12.7. The largest absolute Gasteiger partial charge is 0.376 e. The molecular formula is C16H13ClN4O3. The molecule has 0 aliphatic rings. The molecule has 0 radical (unpaired) electrons. The quantitative estimate of drug-likeness (QED) is 0.550. The number of benzene rings is 2. The summed E-state index contributed by atoms with van der Waals surface area (Å²) in [5.41, 5.74) is 2.35. The van der Waals surface area contributed by atoms with Gasteiger partial charge in [0.25, 0.3) is 5.69 Å². The number of aryl methyl sites for hydroxylation is 1. The molecule has 1 heterocycles. The molecule has 7 nitrogen and oxygen atoms in total. The minimum atomic E-state index is -0.435. The van der Waals surface area contributed by atoms with Crippen molar-refractivity contribution in [2.45, 2.75) is 13.5 Å². The lowest BCUT2D eigenvalue weighted by atomic mass is 10.2. The summed E-state index contributed by atoms with van der Waals surface area (Å²) in [5.74, 6) is 0.838. The maximum absolute atomic E-state index is 10.9. The Kier molecular flexibility index (Phi) is 4.43. The number of nitro benzene ring substituents is 1. The fourth-order valence-corrected chi connectivity index (χ4v) is 2.25. The van der Waals surface area contributed by atoms with Crippen LogP contribution in [-0.2, 0) is 6.54 Å². The topological polar surface area (TPSA) is 94.1 Å². The van der Waals surface area contributed by atoms with Crippen LogP contribution in [0, 0.1) is 17.0 Å². The highest BCUT2D eigenvalue weighted by atomic mass is 35.5. The van der Waals surface area contributed by atoms with E-state index in [1.165, 1.54) is 12.1 Å². The molecule has 0 atom stereocenters. The second-order valence-electron chi connectivity index (χ2n) is 5.13. The van der Waals surface area contributed by atoms with Gasteiger partial charge in [0, 0.05) is 28.4 Å². The summed E-state index contributed by atoms with van der Waals surface area (Å²) in [5, 5.41) is 18.5. The van der Waals surface area contributed by atoms with Crippen LogP contribution in [-0.4, -0.2) is 15.1 Å². The molecule has 3 rings (SSSR count). The predicted molar refractivity (Wildman–Crippen MR) is 89.9 cm³/mol. The van der Waals surface area contributed by atoms with Crippen LogP contribution in [0.15, 0.2) is 47.0 Å². The van der Waals surface area contributed by atoms with Gasteiger partial charge >= 0.3 is 0 Å². The van der Waals surface area contributed by atoms with E-state index in [1.54, 1.807) is 30.3 Å². The number of hydrogen-bond donors (Lipinski definition) is 1. The predicted octanol–water partition coefficient (Wildman–Crippen LogP) is 4.22. The van der Waals surface area contributed by atoms with Gasteiger partial charge in [-0.2, -0.15) is 4.98 Å². The first-order chi connectivity index (χ1) is 11.5. The van der Waals surface area contributed by atoms with E-state index in [0.29, 0.717) is 22.4 Å². The van der Waals surface area contributed by atoms with Crippen molar-refractivity contribution in [3.63, 3.8) is 0 Å². The van der Waals surface area contributed by atoms with E-state index >= 15 is 0 Å². The fraction of sp³-hybridized carbons (Fsp3) is 0.125. The molecule has 1 aromatic heterocycles. The lowest BCUT2D eigenvalue weighted by molar-refractivity contribution is -0.384. The molecule has 0 unspecified atom stereocenters. The molecule has 0 spiro atoms. The molecular weight excluding hydrogens is 332 g/mol. The molecule has 0 saturated heterocycles. The van der Waals surface area contributed by atoms with Crippen molar-refractivity contribution < 1.29 is 9.45 Å². The summed E-state index contributed by atoms with van der Waals surface area (Å²) in [6.45, 7) is 2.13. The normalized spacial score (nSPS) is 10.6. The number of nitrogens with one attached hydrogen (secondary N) is 1. The first-order valence-electron chi connectivity index (χ1n) is 7.10. The monoisotopic (exact) mass is 344 g/mol. The van der Waals surface area contributed by atoms with Gasteiger partial charge in [0.1, 0.15) is 0 Å². The average Bonchev–Trinajstić information content (AvgIpc) is 3.03. The van der Waals surface area contributed by atoms with Crippen molar-refractivity contribution in [3.8, 4) is 11.4 Å². The number of hydrogen-bond acceptors (Lipinski definition) is 6. The highest BCUT2D eigenvalue weighted by Crippen LogP contribution is 2.23. The molecule has 8 heteroatoms. The minimum absolute atomic E-state index is 0.0236. The molecule has 3 aromatic rings. The Balaban J connectivity index is 1.73. The zero-order chi connectivity index (χ0) is 17.1. The van der Waals surface area contributed by atoms with Crippen molar-refractivity contribution in [3.05, 3.63) is 69.1 Å². The number of non-ortho nitro benzene ring substituents is 1. The Morgan fingerprint density at radius 1 is 1.25 bits per heavy atom. The molecule has 0 amide bonds. The first-order valence-corrected chi connectivity index (χ1v) is 7.48. The van der Waals surface area contributed by atoms with Crippen LogP contribution in [0.25, 0.3) is 11.4 Å². The van der Waals surface area contributed by atoms with Gasteiger partial charge in [-0.3, -0.25) is 10.1 Å². The summed E-state index contributed by atoms with van der Waals surface area (Å²) in [4.78, 5) is 14.7. The summed E-state index contributed by atoms with van der Waals surface area (Å²) in [7, 11) is 0. The number of nitrogens with zero attached hydrogens (tertiary/aromatic N) is 3. The second-order valence-corrected chi connectivity index (χ2v) is 5.56. The molecule has 0 fully saturated rings. The van der Waals surface area contributed by atoms with Crippen LogP contribution in [0.3, 0.4) is 0 Å². The lowest BCUT2D eigenvalue weighted by Gasteiger charge is -2.06. The Hall–Kier alpha value is -2.93. The van der Waals surface area contributed by atoms with Gasteiger partial charge in [0.05, 0.1) is 11.5 Å². The van der Waals surface area contributed by atoms with Gasteiger partial charge in [0.15, 0.2) is 0 Å². The van der Waals surface area contributed by atoms with Gasteiger partial charge in [-0.25, -0.2) is 0 Å². The van der Waals surface area contributed by atoms with Crippen LogP contribution < -0.4 is 5.32 Å². The molecule has 0 saturated carbocycles. The van der Waals surface area contributed by atoms with Crippen molar-refractivity contribution in [2.24, 2.45) is 0 Å². The van der Waals surface area contributed by atoms with Crippen molar-refractivity contribution in [1.29, 1.82) is 0 Å². The van der Waals surface area contributed by atoms with E-state index in [2.05, 4.69) is 15.5 Å². The van der Waals surface area contributed by atoms with Gasteiger partial charge in [-0.1, -0.05) is 22.8 Å². The average molecular weight is 345 g/mol. The summed E-state index contributed by atoms with van der Waals surface area (Å²) >= 11 is 5.85. The molecule has 0 bridgehead atoms. The third-order valence-corrected chi connectivity index (χ3v) is 3.68. The highest BCUT2D eigenvalue weighted by Gasteiger charge is 2.11. The van der Waals surface area contributed by atoms with Gasteiger partial charge in [-0.15, -0.1) is 0 Å². The van der Waals surface area contributed by atoms with Gasteiger partial charge < -0.3 is 9.84 Å². The third-order valence-electron chi connectivity index (χ3n) is 3.43. The summed E-state index contributed by atoms with van der Waals surface area (Å²) < 4.78 is 5.20. The van der Waals surface area contributed by atoms with E-state index < -0.39 is 4.92 Å². The number of halogens is 1. The first kappa shape index (κ1) is 15.9. The standard InChI is InChI=1S/C16H13ClN4O3/c1-10-2-7-13(21(22)23)8-14(10)18-9-15-19-16(20-24-15)11-3-5-12(17)6-4-11/h2-8,18H,9H2,1H3. The number of rotatable bonds is 5. The Morgan fingerprint density at radius 2 is 2.00 bits per heavy atom. The molecule has 0 aliphatic heterocycles. The maximum Gasteiger partial charge on any atom is 0.271 e.